The molecule has 220 valence electrons. The third-order valence-corrected chi connectivity index (χ3v) is 6.25. The van der Waals surface area contributed by atoms with Crippen LogP contribution in [0.3, 0.4) is 0 Å². The molecule has 0 aliphatic heterocycles. The van der Waals surface area contributed by atoms with Crippen LogP contribution >= 0.6 is 0 Å². The number of nitrogens with zero attached hydrogens (tertiary/aromatic N) is 5. The Bertz CT molecular complexity index is 1740. The van der Waals surface area contributed by atoms with Gasteiger partial charge in [-0.3, -0.25) is 14.0 Å². The van der Waals surface area contributed by atoms with Crippen molar-refractivity contribution in [1.82, 2.24) is 14.0 Å². The van der Waals surface area contributed by atoms with Crippen molar-refractivity contribution < 1.29 is 23.7 Å². The number of rotatable bonds is 12. The molecule has 4 aromatic rings. The smallest absolute Gasteiger partial charge is 0.279 e. The van der Waals surface area contributed by atoms with Crippen molar-refractivity contribution in [3.63, 3.8) is 0 Å². The average Bonchev–Trinajstić information content (AvgIpc) is 2.97. The van der Waals surface area contributed by atoms with E-state index in [0.29, 0.717) is 67.9 Å². The molecule has 0 fully saturated rings. The third-order valence-electron chi connectivity index (χ3n) is 6.25. The van der Waals surface area contributed by atoms with Gasteiger partial charge in [0.05, 0.1) is 36.9 Å². The summed E-state index contributed by atoms with van der Waals surface area (Å²) in [6.07, 6.45) is 2.19. The lowest BCUT2D eigenvalue weighted by Gasteiger charge is -2.16. The van der Waals surface area contributed by atoms with Crippen molar-refractivity contribution >= 4 is 22.6 Å². The molecule has 42 heavy (non-hydrogen) atoms. The average molecular weight is 574 g/mol. The van der Waals surface area contributed by atoms with Gasteiger partial charge < -0.3 is 23.5 Å². The molecule has 0 unspecified atom stereocenters. The zero-order valence-corrected chi connectivity index (χ0v) is 24.5. The van der Waals surface area contributed by atoms with Crippen molar-refractivity contribution in [2.24, 2.45) is 4.99 Å². The Hall–Kier alpha value is -4.69. The van der Waals surface area contributed by atoms with Gasteiger partial charge in [0.15, 0.2) is 17.0 Å². The van der Waals surface area contributed by atoms with E-state index in [1.165, 1.54) is 10.5 Å². The van der Waals surface area contributed by atoms with E-state index in [4.69, 9.17) is 23.9 Å². The molecular weight excluding hydrogens is 538 g/mol. The van der Waals surface area contributed by atoms with E-state index in [2.05, 4.69) is 11.1 Å². The topological polar surface area (TPSA) is 129 Å². The van der Waals surface area contributed by atoms with Gasteiger partial charge in [-0.05, 0) is 71.4 Å². The van der Waals surface area contributed by atoms with Gasteiger partial charge in [0.1, 0.15) is 17.4 Å². The van der Waals surface area contributed by atoms with Gasteiger partial charge in [-0.25, -0.2) is 4.98 Å². The molecule has 0 aliphatic rings. The van der Waals surface area contributed by atoms with E-state index in [1.807, 2.05) is 34.6 Å². The van der Waals surface area contributed by atoms with Crippen molar-refractivity contribution in [3.8, 4) is 23.3 Å². The second-order valence-corrected chi connectivity index (χ2v) is 9.52. The lowest BCUT2D eigenvalue weighted by Crippen LogP contribution is -2.30. The van der Waals surface area contributed by atoms with E-state index < -0.39 is 5.91 Å². The summed E-state index contributed by atoms with van der Waals surface area (Å²) in [4.78, 5) is 36.2. The summed E-state index contributed by atoms with van der Waals surface area (Å²) in [6.45, 7) is 11.2. The molecule has 0 atom stereocenters. The summed E-state index contributed by atoms with van der Waals surface area (Å²) in [5.74, 6) is 0.476. The molecular formula is C31H35N5O6. The second kappa shape index (κ2) is 13.8. The Kier molecular flexibility index (Phi) is 9.93. The minimum atomic E-state index is -0.625. The molecule has 0 spiro atoms. The summed E-state index contributed by atoms with van der Waals surface area (Å²) in [7, 11) is 0. The molecule has 4 rings (SSSR count). The monoisotopic (exact) mass is 573 g/mol. The first-order valence-corrected chi connectivity index (χ1v) is 14.0. The third kappa shape index (κ3) is 6.44. The molecule has 0 N–H and O–H groups in total. The van der Waals surface area contributed by atoms with Gasteiger partial charge >= 0.3 is 0 Å². The Morgan fingerprint density at radius 2 is 1.74 bits per heavy atom. The fourth-order valence-electron chi connectivity index (χ4n) is 4.51. The van der Waals surface area contributed by atoms with Crippen molar-refractivity contribution in [2.75, 3.05) is 26.4 Å². The highest BCUT2D eigenvalue weighted by molar-refractivity contribution is 5.96. The normalized spacial score (nSPS) is 11.7. The molecule has 11 heteroatoms. The van der Waals surface area contributed by atoms with Crippen LogP contribution in [0.15, 0.2) is 52.4 Å². The van der Waals surface area contributed by atoms with Gasteiger partial charge in [-0.1, -0.05) is 6.07 Å². The Morgan fingerprint density at radius 3 is 2.36 bits per heavy atom. The maximum Gasteiger partial charge on any atom is 0.279 e. The van der Waals surface area contributed by atoms with Crippen LogP contribution in [0.2, 0.25) is 0 Å². The molecule has 3 aromatic heterocycles. The van der Waals surface area contributed by atoms with E-state index in [9.17, 15) is 14.9 Å². The number of carbonyl (C=O) groups is 1. The van der Waals surface area contributed by atoms with E-state index in [0.717, 1.165) is 0 Å². The number of aromatic nitrogens is 3. The number of carbonyl (C=O) groups excluding carboxylic acids is 1. The number of ether oxygens (including phenoxy) is 4. The number of hydrogen-bond donors (Lipinski definition) is 0. The summed E-state index contributed by atoms with van der Waals surface area (Å²) >= 11 is 0. The summed E-state index contributed by atoms with van der Waals surface area (Å²) in [5, 5.41) is 10.4. The summed E-state index contributed by atoms with van der Waals surface area (Å²) in [5.41, 5.74) is 0.770. The van der Waals surface area contributed by atoms with Gasteiger partial charge in [-0.2, -0.15) is 10.3 Å². The molecule has 0 bridgehead atoms. The maximum atomic E-state index is 13.7. The maximum absolute atomic E-state index is 13.7. The van der Waals surface area contributed by atoms with E-state index in [-0.39, 0.29) is 33.7 Å². The molecule has 0 aliphatic carbocycles. The first-order chi connectivity index (χ1) is 20.3. The van der Waals surface area contributed by atoms with Gasteiger partial charge in [0, 0.05) is 24.9 Å². The second-order valence-electron chi connectivity index (χ2n) is 9.52. The number of fused-ring (bicyclic) bond motifs is 2. The van der Waals surface area contributed by atoms with Gasteiger partial charge in [0.25, 0.3) is 11.5 Å². The number of hydrogen-bond acceptors (Lipinski definition) is 8. The number of amides is 1. The molecule has 3 heterocycles. The molecule has 0 saturated heterocycles. The number of benzene rings is 1. The van der Waals surface area contributed by atoms with Crippen LogP contribution in [0.25, 0.3) is 16.7 Å². The lowest BCUT2D eigenvalue weighted by molar-refractivity contribution is 0.0748. The quantitative estimate of drug-likeness (QED) is 0.181. The summed E-state index contributed by atoms with van der Waals surface area (Å²) in [6, 6.07) is 11.9. The Labute approximate surface area is 243 Å². The minimum absolute atomic E-state index is 0.0355. The van der Waals surface area contributed by atoms with Crippen LogP contribution in [0, 0.1) is 11.3 Å². The summed E-state index contributed by atoms with van der Waals surface area (Å²) < 4.78 is 26.1. The van der Waals surface area contributed by atoms with Gasteiger partial charge in [0.2, 0.25) is 5.75 Å². The van der Waals surface area contributed by atoms with E-state index >= 15 is 0 Å². The molecule has 0 radical (unpaired) electrons. The zero-order chi connectivity index (χ0) is 30.2. The lowest BCUT2D eigenvalue weighted by atomic mass is 10.1. The highest BCUT2D eigenvalue weighted by atomic mass is 16.5. The van der Waals surface area contributed by atoms with Crippen LogP contribution in [0.4, 0.5) is 0 Å². The SMILES string of the molecule is CCOc1cc(C(=O)N=c2c(C#N)cc3c(=O)n4ccccc4nc3n2CCCOC(C)C)cc(OCC)c1OCC. The largest absolute Gasteiger partial charge is 0.490 e. The zero-order valence-electron chi connectivity index (χ0n) is 24.5. The predicted molar refractivity (Wildman–Crippen MR) is 157 cm³/mol. The van der Waals surface area contributed by atoms with Crippen molar-refractivity contribution in [3.05, 3.63) is 69.6 Å². The standard InChI is InChI=1S/C31H35N5O6/c1-6-39-24-17-21(18-25(40-7-2)27(24)41-8-3)30(37)34-28-22(19-32)16-23-29(36(28)14-11-15-42-20(4)5)33-26-12-9-10-13-35(26)31(23)38/h9-10,12-13,16-18,20H,6-8,11,14-15H2,1-5H3. The van der Waals surface area contributed by atoms with Gasteiger partial charge in [-0.15, -0.1) is 0 Å². The fraction of sp³-hybridized carbons (Fsp3) is 0.387. The number of pyridine rings is 2. The Balaban J connectivity index is 1.96. The highest BCUT2D eigenvalue weighted by Gasteiger charge is 2.20. The first-order valence-electron chi connectivity index (χ1n) is 14.0. The molecule has 0 saturated carbocycles. The van der Waals surface area contributed by atoms with Crippen molar-refractivity contribution in [1.29, 1.82) is 5.26 Å². The van der Waals surface area contributed by atoms with Crippen LogP contribution in [-0.4, -0.2) is 52.4 Å². The predicted octanol–water partition coefficient (Wildman–Crippen LogP) is 4.27. The van der Waals surface area contributed by atoms with Crippen LogP contribution in [0.5, 0.6) is 17.2 Å². The molecule has 11 nitrogen and oxygen atoms in total. The number of nitriles is 1. The van der Waals surface area contributed by atoms with Crippen LogP contribution in [-0.2, 0) is 11.3 Å². The van der Waals surface area contributed by atoms with Crippen LogP contribution in [0.1, 0.15) is 57.0 Å². The van der Waals surface area contributed by atoms with Crippen LogP contribution < -0.4 is 25.3 Å². The number of aryl methyl sites for hydroxylation is 1. The fourth-order valence-corrected chi connectivity index (χ4v) is 4.51. The molecule has 1 amide bonds. The first kappa shape index (κ1) is 30.3. The molecule has 1 aromatic carbocycles. The highest BCUT2D eigenvalue weighted by Crippen LogP contribution is 2.39. The minimum Gasteiger partial charge on any atom is -0.490 e. The van der Waals surface area contributed by atoms with Crippen molar-refractivity contribution in [2.45, 2.75) is 53.7 Å². The van der Waals surface area contributed by atoms with E-state index in [1.54, 1.807) is 41.1 Å². The Morgan fingerprint density at radius 1 is 1.05 bits per heavy atom.